The Labute approximate surface area is 201 Å². The van der Waals surface area contributed by atoms with E-state index < -0.39 is 11.7 Å². The first-order valence-electron chi connectivity index (χ1n) is 12.4. The first-order chi connectivity index (χ1) is 15.9. The smallest absolute Gasteiger partial charge is 0.407 e. The van der Waals surface area contributed by atoms with Gasteiger partial charge in [0.1, 0.15) is 5.60 Å². The molecule has 34 heavy (non-hydrogen) atoms. The van der Waals surface area contributed by atoms with Crippen LogP contribution in [-0.4, -0.2) is 52.3 Å². The lowest BCUT2D eigenvalue weighted by Crippen LogP contribution is -2.42. The highest BCUT2D eigenvalue weighted by Gasteiger charge is 2.32. The van der Waals surface area contributed by atoms with Gasteiger partial charge < -0.3 is 19.5 Å². The van der Waals surface area contributed by atoms with Crippen LogP contribution in [0.25, 0.3) is 11.1 Å². The average molecular weight is 471 g/mol. The average Bonchev–Trinajstić information content (AvgIpc) is 3.52. The van der Waals surface area contributed by atoms with Crippen molar-refractivity contribution in [3.8, 4) is 0 Å². The van der Waals surface area contributed by atoms with E-state index in [1.54, 1.807) is 0 Å². The second kappa shape index (κ2) is 9.19. The molecule has 1 aliphatic carbocycles. The summed E-state index contributed by atoms with van der Waals surface area (Å²) in [6.07, 6.45) is 4.20. The molecule has 1 saturated carbocycles. The monoisotopic (exact) mass is 470 g/mol. The molecule has 2 aliphatic rings. The Morgan fingerprint density at radius 3 is 2.38 bits per heavy atom. The van der Waals surface area contributed by atoms with Gasteiger partial charge in [-0.1, -0.05) is 25.9 Å². The molecule has 1 N–H and O–H groups in total. The van der Waals surface area contributed by atoms with Crippen LogP contribution in [0.15, 0.2) is 10.6 Å². The first-order valence-corrected chi connectivity index (χ1v) is 12.4. The minimum atomic E-state index is -0.511. The van der Waals surface area contributed by atoms with Gasteiger partial charge >= 0.3 is 6.09 Å². The Kier molecular flexibility index (Phi) is 6.62. The maximum atomic E-state index is 13.7. The highest BCUT2D eigenvalue weighted by atomic mass is 16.6. The fourth-order valence-electron chi connectivity index (χ4n) is 4.46. The van der Waals surface area contributed by atoms with Crippen LogP contribution in [0.3, 0.4) is 0 Å². The number of nitrogens with zero attached hydrogens (tertiary/aromatic N) is 3. The SMILES string of the molecule is CC(C)(C)Cc1noc2nc(C3CC3)cc(C(=O)N3CCC(CNC(=O)OC(C)(C)C)CC3)c12. The van der Waals surface area contributed by atoms with Gasteiger partial charge in [0.15, 0.2) is 0 Å². The first kappa shape index (κ1) is 24.5. The Balaban J connectivity index is 1.46. The molecule has 2 amide bonds. The van der Waals surface area contributed by atoms with Gasteiger partial charge in [0.2, 0.25) is 0 Å². The summed E-state index contributed by atoms with van der Waals surface area (Å²) in [5.74, 6) is 0.756. The van der Waals surface area contributed by atoms with Gasteiger partial charge in [-0.05, 0) is 70.3 Å². The lowest BCUT2D eigenvalue weighted by molar-refractivity contribution is 0.0500. The standard InChI is InChI=1S/C26H38N4O4/c1-25(2,3)14-20-21-18(13-19(17-7-8-17)28-22(21)34-29-20)23(31)30-11-9-16(10-12-30)15-27-24(32)33-26(4,5)6/h13,16-17H,7-12,14-15H2,1-6H3,(H,27,32). The summed E-state index contributed by atoms with van der Waals surface area (Å²) in [7, 11) is 0. The predicted octanol–water partition coefficient (Wildman–Crippen LogP) is 5.07. The number of fused-ring (bicyclic) bond motifs is 1. The van der Waals surface area contributed by atoms with Gasteiger partial charge in [-0.2, -0.15) is 0 Å². The molecule has 2 aromatic heterocycles. The van der Waals surface area contributed by atoms with E-state index in [0.717, 1.165) is 42.5 Å². The number of piperidine rings is 1. The number of ether oxygens (including phenoxy) is 1. The van der Waals surface area contributed by atoms with E-state index in [2.05, 4.69) is 31.2 Å². The number of nitrogens with one attached hydrogen (secondary N) is 1. The number of rotatable bonds is 5. The van der Waals surface area contributed by atoms with Gasteiger partial charge in [-0.3, -0.25) is 4.79 Å². The van der Waals surface area contributed by atoms with Crippen LogP contribution in [0, 0.1) is 11.3 Å². The molecule has 0 radical (unpaired) electrons. The minimum Gasteiger partial charge on any atom is -0.444 e. The van der Waals surface area contributed by atoms with Crippen molar-refractivity contribution >= 4 is 23.1 Å². The summed E-state index contributed by atoms with van der Waals surface area (Å²) in [6.45, 7) is 13.9. The minimum absolute atomic E-state index is 0.0127. The number of carbonyl (C=O) groups excluding carboxylic acids is 2. The van der Waals surface area contributed by atoms with Crippen LogP contribution in [0.5, 0.6) is 0 Å². The summed E-state index contributed by atoms with van der Waals surface area (Å²) in [4.78, 5) is 32.3. The second-order valence-corrected chi connectivity index (χ2v) is 12.0. The zero-order valence-corrected chi connectivity index (χ0v) is 21.4. The highest BCUT2D eigenvalue weighted by molar-refractivity contribution is 6.06. The number of hydrogen-bond acceptors (Lipinski definition) is 6. The van der Waals surface area contributed by atoms with Crippen LogP contribution in [0.1, 0.15) is 94.9 Å². The molecule has 1 saturated heterocycles. The van der Waals surface area contributed by atoms with Crippen LogP contribution >= 0.6 is 0 Å². The number of hydrogen-bond donors (Lipinski definition) is 1. The number of alkyl carbamates (subject to hydrolysis) is 1. The third kappa shape index (κ3) is 6.07. The Hall–Kier alpha value is -2.64. The van der Waals surface area contributed by atoms with Gasteiger partial charge in [0.25, 0.3) is 11.6 Å². The third-order valence-electron chi connectivity index (χ3n) is 6.30. The molecule has 3 heterocycles. The van der Waals surface area contributed by atoms with E-state index in [-0.39, 0.29) is 11.3 Å². The summed E-state index contributed by atoms with van der Waals surface area (Å²) in [5.41, 5.74) is 2.38. The van der Waals surface area contributed by atoms with Gasteiger partial charge in [0, 0.05) is 31.2 Å². The number of amides is 2. The Bertz CT molecular complexity index is 1050. The van der Waals surface area contributed by atoms with Crippen molar-refractivity contribution in [3.63, 3.8) is 0 Å². The molecule has 186 valence electrons. The maximum absolute atomic E-state index is 13.7. The van der Waals surface area contributed by atoms with Crippen molar-refractivity contribution in [2.24, 2.45) is 11.3 Å². The molecule has 8 heteroatoms. The fraction of sp³-hybridized carbons (Fsp3) is 0.692. The fourth-order valence-corrected chi connectivity index (χ4v) is 4.46. The van der Waals surface area contributed by atoms with Crippen LogP contribution in [0.4, 0.5) is 4.79 Å². The number of likely N-dealkylation sites (tertiary alicyclic amines) is 1. The zero-order chi connectivity index (χ0) is 24.7. The topological polar surface area (TPSA) is 97.6 Å². The van der Waals surface area contributed by atoms with E-state index in [9.17, 15) is 9.59 Å². The summed E-state index contributed by atoms with van der Waals surface area (Å²) in [5, 5.41) is 7.94. The van der Waals surface area contributed by atoms with Crippen LogP contribution in [-0.2, 0) is 11.2 Å². The second-order valence-electron chi connectivity index (χ2n) is 12.0. The Morgan fingerprint density at radius 2 is 1.79 bits per heavy atom. The quantitative estimate of drug-likeness (QED) is 0.655. The molecule has 1 aliphatic heterocycles. The van der Waals surface area contributed by atoms with Crippen LogP contribution < -0.4 is 5.32 Å². The lowest BCUT2D eigenvalue weighted by Gasteiger charge is -2.32. The van der Waals surface area contributed by atoms with Crippen molar-refractivity contribution < 1.29 is 18.8 Å². The van der Waals surface area contributed by atoms with E-state index in [1.807, 2.05) is 31.7 Å². The maximum Gasteiger partial charge on any atom is 0.407 e. The predicted molar refractivity (Wildman–Crippen MR) is 130 cm³/mol. The van der Waals surface area contributed by atoms with Gasteiger partial charge in [-0.15, -0.1) is 0 Å². The molecule has 0 unspecified atom stereocenters. The molecular weight excluding hydrogens is 432 g/mol. The van der Waals surface area contributed by atoms with Crippen molar-refractivity contribution in [2.75, 3.05) is 19.6 Å². The highest BCUT2D eigenvalue weighted by Crippen LogP contribution is 2.41. The van der Waals surface area contributed by atoms with E-state index >= 15 is 0 Å². The van der Waals surface area contributed by atoms with E-state index in [0.29, 0.717) is 49.2 Å². The van der Waals surface area contributed by atoms with Crippen molar-refractivity contribution in [2.45, 2.75) is 85.2 Å². The van der Waals surface area contributed by atoms with Gasteiger partial charge in [0.05, 0.1) is 16.6 Å². The number of aromatic nitrogens is 2. The van der Waals surface area contributed by atoms with Gasteiger partial charge in [-0.25, -0.2) is 9.78 Å². The third-order valence-corrected chi connectivity index (χ3v) is 6.30. The summed E-state index contributed by atoms with van der Waals surface area (Å²) < 4.78 is 10.9. The van der Waals surface area contributed by atoms with Crippen molar-refractivity contribution in [1.82, 2.24) is 20.4 Å². The molecule has 0 spiro atoms. The van der Waals surface area contributed by atoms with E-state index in [1.165, 1.54) is 0 Å². The molecule has 4 rings (SSSR count). The van der Waals surface area contributed by atoms with Crippen molar-refractivity contribution in [1.29, 1.82) is 0 Å². The molecule has 8 nitrogen and oxygen atoms in total. The molecular formula is C26H38N4O4. The molecule has 2 fully saturated rings. The normalized spacial score (nSPS) is 17.8. The van der Waals surface area contributed by atoms with Crippen molar-refractivity contribution in [3.05, 3.63) is 23.0 Å². The number of pyridine rings is 1. The largest absolute Gasteiger partial charge is 0.444 e. The molecule has 0 atom stereocenters. The molecule has 2 aromatic rings. The lowest BCUT2D eigenvalue weighted by atomic mass is 9.89. The summed E-state index contributed by atoms with van der Waals surface area (Å²) in [6, 6.07) is 1.97. The van der Waals surface area contributed by atoms with Crippen LogP contribution in [0.2, 0.25) is 0 Å². The molecule has 0 aromatic carbocycles. The van der Waals surface area contributed by atoms with E-state index in [4.69, 9.17) is 14.2 Å². The Morgan fingerprint density at radius 1 is 1.12 bits per heavy atom. The zero-order valence-electron chi connectivity index (χ0n) is 21.4. The number of carbonyl (C=O) groups is 2. The molecule has 0 bridgehead atoms. The summed E-state index contributed by atoms with van der Waals surface area (Å²) >= 11 is 0.